The van der Waals surface area contributed by atoms with Gasteiger partial charge < -0.3 is 14.4 Å². The number of benzene rings is 1. The van der Waals surface area contributed by atoms with Gasteiger partial charge in [0.25, 0.3) is 0 Å². The van der Waals surface area contributed by atoms with Crippen LogP contribution in [0.2, 0.25) is 0 Å². The maximum Gasteiger partial charge on any atom is 0.228 e. The molecule has 164 valence electrons. The molecule has 0 bridgehead atoms. The summed E-state index contributed by atoms with van der Waals surface area (Å²) in [4.78, 5) is 30.2. The average molecular weight is 422 g/mol. The number of hydrogen-bond donors (Lipinski definition) is 0. The van der Waals surface area contributed by atoms with Gasteiger partial charge in [-0.05, 0) is 56.7 Å². The Morgan fingerprint density at radius 3 is 2.81 bits per heavy atom. The molecule has 31 heavy (non-hydrogen) atoms. The first-order valence-electron chi connectivity index (χ1n) is 11.6. The summed E-state index contributed by atoms with van der Waals surface area (Å²) >= 11 is 0. The minimum absolute atomic E-state index is 0.0169. The Hall–Kier alpha value is -2.70. The lowest BCUT2D eigenvalue weighted by atomic mass is 10.1. The van der Waals surface area contributed by atoms with Gasteiger partial charge in [0.15, 0.2) is 5.82 Å². The van der Waals surface area contributed by atoms with E-state index in [1.807, 2.05) is 24.0 Å². The largest absolute Gasteiger partial charge is 0.332 e. The maximum atomic E-state index is 13.6. The molecule has 3 aliphatic heterocycles. The molecule has 0 aliphatic carbocycles. The van der Waals surface area contributed by atoms with Gasteiger partial charge in [0.1, 0.15) is 5.82 Å². The highest BCUT2D eigenvalue weighted by Gasteiger charge is 2.42. The number of carbonyl (C=O) groups excluding carboxylic acids is 2. The topological polar surface area (TPSA) is 71.3 Å². The number of carbonyl (C=O) groups is 2. The van der Waals surface area contributed by atoms with Crippen LogP contribution in [0.1, 0.15) is 67.3 Å². The molecule has 2 unspecified atom stereocenters. The minimum Gasteiger partial charge on any atom is -0.332 e. The minimum atomic E-state index is -0.292. The van der Waals surface area contributed by atoms with Gasteiger partial charge in [-0.15, -0.1) is 10.2 Å². The van der Waals surface area contributed by atoms with Crippen LogP contribution in [0.4, 0.5) is 5.69 Å². The molecule has 2 atom stereocenters. The quantitative estimate of drug-likeness (QED) is 0.762. The zero-order valence-corrected chi connectivity index (χ0v) is 18.5. The summed E-state index contributed by atoms with van der Waals surface area (Å²) in [6.45, 7) is 6.24. The molecular formula is C24H31N5O2. The van der Waals surface area contributed by atoms with E-state index in [2.05, 4.69) is 27.8 Å². The molecule has 7 heteroatoms. The second-order valence-corrected chi connectivity index (χ2v) is 9.25. The molecule has 0 saturated carbocycles. The van der Waals surface area contributed by atoms with Crippen LogP contribution >= 0.6 is 0 Å². The molecule has 0 spiro atoms. The van der Waals surface area contributed by atoms with Crippen molar-refractivity contribution < 1.29 is 9.59 Å². The fourth-order valence-electron chi connectivity index (χ4n) is 5.42. The standard InChI is InChI=1S/C24H31N5O2/c1-16-8-6-9-19(17(16)2)29-15-18(14-22(29)30)24(31)27-13-7-10-20(27)23-26-25-21-11-4-3-5-12-28(21)23/h6,8-9,18,20H,3-5,7,10-15H2,1-2H3. The van der Waals surface area contributed by atoms with Crippen molar-refractivity contribution in [3.63, 3.8) is 0 Å². The highest BCUT2D eigenvalue weighted by Crippen LogP contribution is 2.36. The van der Waals surface area contributed by atoms with Crippen LogP contribution in [0, 0.1) is 19.8 Å². The van der Waals surface area contributed by atoms with E-state index in [1.54, 1.807) is 4.90 Å². The van der Waals surface area contributed by atoms with Gasteiger partial charge in [0.05, 0.1) is 12.0 Å². The van der Waals surface area contributed by atoms with Crippen molar-refractivity contribution in [2.75, 3.05) is 18.0 Å². The lowest BCUT2D eigenvalue weighted by molar-refractivity contribution is -0.136. The highest BCUT2D eigenvalue weighted by molar-refractivity contribution is 6.01. The van der Waals surface area contributed by atoms with Gasteiger partial charge >= 0.3 is 0 Å². The van der Waals surface area contributed by atoms with Crippen LogP contribution < -0.4 is 4.90 Å². The first-order chi connectivity index (χ1) is 15.0. The van der Waals surface area contributed by atoms with Crippen LogP contribution in [0.5, 0.6) is 0 Å². The molecule has 1 aromatic heterocycles. The zero-order valence-electron chi connectivity index (χ0n) is 18.5. The fourth-order valence-corrected chi connectivity index (χ4v) is 5.42. The third-order valence-electron chi connectivity index (χ3n) is 7.31. The molecule has 4 heterocycles. The Bertz CT molecular complexity index is 1010. The van der Waals surface area contributed by atoms with Crippen molar-refractivity contribution in [1.82, 2.24) is 19.7 Å². The van der Waals surface area contributed by atoms with Gasteiger partial charge in [-0.2, -0.15) is 0 Å². The summed E-state index contributed by atoms with van der Waals surface area (Å²) in [6.07, 6.45) is 6.66. The second kappa shape index (κ2) is 8.09. The Kier molecular flexibility index (Phi) is 5.28. The number of fused-ring (bicyclic) bond motifs is 1. The van der Waals surface area contributed by atoms with Crippen molar-refractivity contribution in [3.8, 4) is 0 Å². The monoisotopic (exact) mass is 421 g/mol. The summed E-state index contributed by atoms with van der Waals surface area (Å²) in [6, 6.07) is 6.00. The fraction of sp³-hybridized carbons (Fsp3) is 0.583. The van der Waals surface area contributed by atoms with Crippen LogP contribution in [0.3, 0.4) is 0 Å². The summed E-state index contributed by atoms with van der Waals surface area (Å²) in [7, 11) is 0. The van der Waals surface area contributed by atoms with Crippen molar-refractivity contribution in [2.45, 2.75) is 71.4 Å². The van der Waals surface area contributed by atoms with Crippen molar-refractivity contribution in [3.05, 3.63) is 41.0 Å². The number of amides is 2. The summed E-state index contributed by atoms with van der Waals surface area (Å²) in [5, 5.41) is 8.97. The van der Waals surface area contributed by atoms with Gasteiger partial charge in [0.2, 0.25) is 11.8 Å². The molecule has 3 aliphatic rings. The molecule has 1 aromatic carbocycles. The third-order valence-corrected chi connectivity index (χ3v) is 7.31. The number of anilines is 1. The average Bonchev–Trinajstić information content (AvgIpc) is 3.44. The summed E-state index contributed by atoms with van der Waals surface area (Å²) < 4.78 is 2.26. The molecule has 0 radical (unpaired) electrons. The van der Waals surface area contributed by atoms with E-state index in [0.717, 1.165) is 73.7 Å². The predicted molar refractivity (Wildman–Crippen MR) is 118 cm³/mol. The maximum absolute atomic E-state index is 13.6. The first kappa shape index (κ1) is 20.2. The lowest BCUT2D eigenvalue weighted by Crippen LogP contribution is -2.38. The Morgan fingerprint density at radius 1 is 1.06 bits per heavy atom. The van der Waals surface area contributed by atoms with Crippen molar-refractivity contribution in [1.29, 1.82) is 0 Å². The molecule has 2 aromatic rings. The Morgan fingerprint density at radius 2 is 1.94 bits per heavy atom. The zero-order chi connectivity index (χ0) is 21.5. The molecule has 2 fully saturated rings. The summed E-state index contributed by atoms with van der Waals surface area (Å²) in [5.74, 6) is 1.84. The normalized spacial score (nSPS) is 23.9. The van der Waals surface area contributed by atoms with Crippen LogP contribution in [-0.2, 0) is 22.6 Å². The number of hydrogen-bond acceptors (Lipinski definition) is 4. The van der Waals surface area contributed by atoms with Crippen LogP contribution in [0.25, 0.3) is 0 Å². The van der Waals surface area contributed by atoms with Crippen LogP contribution in [-0.4, -0.2) is 44.6 Å². The highest BCUT2D eigenvalue weighted by atomic mass is 16.2. The molecular weight excluding hydrogens is 390 g/mol. The molecule has 0 N–H and O–H groups in total. The van der Waals surface area contributed by atoms with E-state index in [1.165, 1.54) is 6.42 Å². The number of nitrogens with zero attached hydrogens (tertiary/aromatic N) is 5. The SMILES string of the molecule is Cc1cccc(N2CC(C(=O)N3CCCC3c3nnc4n3CCCCC4)CC2=O)c1C. The first-order valence-corrected chi connectivity index (χ1v) is 11.6. The molecule has 5 rings (SSSR count). The van der Waals surface area contributed by atoms with E-state index >= 15 is 0 Å². The Balaban J connectivity index is 1.36. The molecule has 2 amide bonds. The van der Waals surface area contributed by atoms with Crippen LogP contribution in [0.15, 0.2) is 18.2 Å². The third kappa shape index (κ3) is 3.54. The predicted octanol–water partition coefficient (Wildman–Crippen LogP) is 3.34. The van der Waals surface area contributed by atoms with Crippen molar-refractivity contribution in [2.24, 2.45) is 5.92 Å². The lowest BCUT2D eigenvalue weighted by Gasteiger charge is -2.27. The number of aryl methyl sites for hydroxylation is 2. The van der Waals surface area contributed by atoms with Gasteiger partial charge in [0, 0.05) is 38.2 Å². The van der Waals surface area contributed by atoms with Gasteiger partial charge in [-0.1, -0.05) is 18.6 Å². The van der Waals surface area contributed by atoms with Crippen molar-refractivity contribution >= 4 is 17.5 Å². The van der Waals surface area contributed by atoms with Gasteiger partial charge in [-0.25, -0.2) is 0 Å². The Labute approximate surface area is 183 Å². The van der Waals surface area contributed by atoms with E-state index in [0.29, 0.717) is 6.54 Å². The number of aromatic nitrogens is 3. The number of likely N-dealkylation sites (tertiary alicyclic amines) is 1. The van der Waals surface area contributed by atoms with E-state index < -0.39 is 0 Å². The van der Waals surface area contributed by atoms with Gasteiger partial charge in [-0.3, -0.25) is 9.59 Å². The van der Waals surface area contributed by atoms with E-state index in [-0.39, 0.29) is 30.2 Å². The molecule has 2 saturated heterocycles. The molecule has 7 nitrogen and oxygen atoms in total. The summed E-state index contributed by atoms with van der Waals surface area (Å²) in [5.41, 5.74) is 3.20. The smallest absolute Gasteiger partial charge is 0.228 e. The number of rotatable bonds is 3. The van der Waals surface area contributed by atoms with E-state index in [4.69, 9.17) is 0 Å². The second-order valence-electron chi connectivity index (χ2n) is 9.25. The van der Waals surface area contributed by atoms with E-state index in [9.17, 15) is 9.59 Å².